The molecule has 3 aromatic heterocycles. The lowest BCUT2D eigenvalue weighted by Crippen LogP contribution is -2.01. The zero-order valence-corrected chi connectivity index (χ0v) is 16.0. The average molecular weight is 398 g/mol. The number of rotatable bonds is 4. The summed E-state index contributed by atoms with van der Waals surface area (Å²) >= 11 is 7.70. The van der Waals surface area contributed by atoms with Gasteiger partial charge in [-0.25, -0.2) is 9.97 Å². The lowest BCUT2D eigenvalue weighted by Gasteiger charge is -2.11. The van der Waals surface area contributed by atoms with Crippen molar-refractivity contribution in [1.29, 1.82) is 0 Å². The molecule has 27 heavy (non-hydrogen) atoms. The lowest BCUT2D eigenvalue weighted by atomic mass is 9.97. The van der Waals surface area contributed by atoms with Crippen molar-refractivity contribution < 1.29 is 9.26 Å². The molecule has 0 bridgehead atoms. The first-order chi connectivity index (χ1) is 13.3. The third-order valence-corrected chi connectivity index (χ3v) is 6.22. The molecule has 0 amide bonds. The first-order valence-electron chi connectivity index (χ1n) is 8.87. The molecule has 1 aliphatic carbocycles. The molecule has 1 aromatic carbocycles. The molecule has 0 aliphatic heterocycles. The van der Waals surface area contributed by atoms with Gasteiger partial charge in [-0.05, 0) is 43.4 Å². The molecule has 3 heterocycles. The van der Waals surface area contributed by atoms with E-state index in [4.69, 9.17) is 20.9 Å². The maximum absolute atomic E-state index is 6.00. The smallest absolute Gasteiger partial charge is 0.226 e. The molecule has 7 heteroatoms. The Morgan fingerprint density at radius 1 is 1.11 bits per heavy atom. The molecular formula is C20H16ClN3O2S. The van der Waals surface area contributed by atoms with Crippen LogP contribution in [0, 0.1) is 0 Å². The fourth-order valence-corrected chi connectivity index (χ4v) is 4.79. The molecule has 0 unspecified atom stereocenters. The third-order valence-electron chi connectivity index (χ3n) is 4.77. The molecule has 0 atom stereocenters. The largest absolute Gasteiger partial charge is 0.469 e. The van der Waals surface area contributed by atoms with Crippen LogP contribution < -0.4 is 4.74 Å². The highest BCUT2D eigenvalue weighted by molar-refractivity contribution is 7.18. The van der Waals surface area contributed by atoms with E-state index in [-0.39, 0.29) is 6.61 Å². The van der Waals surface area contributed by atoms with Crippen LogP contribution in [0.1, 0.15) is 29.0 Å². The third kappa shape index (κ3) is 3.19. The topological polar surface area (TPSA) is 61.0 Å². The Morgan fingerprint density at radius 3 is 2.85 bits per heavy atom. The minimum Gasteiger partial charge on any atom is -0.469 e. The average Bonchev–Trinajstić information content (AvgIpc) is 3.31. The Hall–Kier alpha value is -2.44. The first kappa shape index (κ1) is 16.7. The summed E-state index contributed by atoms with van der Waals surface area (Å²) in [4.78, 5) is 11.2. The normalized spacial score (nSPS) is 13.7. The van der Waals surface area contributed by atoms with E-state index in [0.717, 1.165) is 34.3 Å². The van der Waals surface area contributed by atoms with E-state index in [2.05, 4.69) is 15.1 Å². The predicted molar refractivity (Wildman–Crippen MR) is 105 cm³/mol. The van der Waals surface area contributed by atoms with Crippen molar-refractivity contribution in [3.63, 3.8) is 0 Å². The summed E-state index contributed by atoms with van der Waals surface area (Å²) in [5, 5.41) is 5.88. The zero-order valence-electron chi connectivity index (χ0n) is 14.4. The van der Waals surface area contributed by atoms with Crippen molar-refractivity contribution in [2.24, 2.45) is 0 Å². The van der Waals surface area contributed by atoms with Gasteiger partial charge in [0.25, 0.3) is 0 Å². The molecule has 5 rings (SSSR count). The number of benzene rings is 1. The molecule has 4 aromatic rings. The van der Waals surface area contributed by atoms with Gasteiger partial charge in [-0.1, -0.05) is 28.9 Å². The van der Waals surface area contributed by atoms with Gasteiger partial charge in [-0.15, -0.1) is 11.3 Å². The molecule has 0 spiro atoms. The molecule has 0 saturated heterocycles. The van der Waals surface area contributed by atoms with Gasteiger partial charge in [0.2, 0.25) is 5.88 Å². The Bertz CT molecular complexity index is 1100. The van der Waals surface area contributed by atoms with Crippen molar-refractivity contribution in [1.82, 2.24) is 15.1 Å². The number of aryl methyl sites for hydroxylation is 2. The second kappa shape index (κ2) is 6.94. The molecule has 0 radical (unpaired) electrons. The molecular weight excluding hydrogens is 382 g/mol. The second-order valence-electron chi connectivity index (χ2n) is 6.54. The number of hydrogen-bond donors (Lipinski definition) is 0. The van der Waals surface area contributed by atoms with Crippen molar-refractivity contribution in [3.05, 3.63) is 57.9 Å². The van der Waals surface area contributed by atoms with Crippen LogP contribution in [0.2, 0.25) is 5.02 Å². The fraction of sp³-hybridized carbons (Fsp3) is 0.250. The van der Waals surface area contributed by atoms with Gasteiger partial charge < -0.3 is 9.26 Å². The summed E-state index contributed by atoms with van der Waals surface area (Å²) in [6.45, 7) is 0.275. The van der Waals surface area contributed by atoms with E-state index >= 15 is 0 Å². The van der Waals surface area contributed by atoms with Crippen LogP contribution >= 0.6 is 22.9 Å². The fourth-order valence-electron chi connectivity index (χ4n) is 3.45. The van der Waals surface area contributed by atoms with Crippen LogP contribution in [0.5, 0.6) is 5.88 Å². The maximum atomic E-state index is 6.00. The summed E-state index contributed by atoms with van der Waals surface area (Å²) in [6.07, 6.45) is 6.22. The van der Waals surface area contributed by atoms with Crippen molar-refractivity contribution in [2.75, 3.05) is 0 Å². The highest BCUT2D eigenvalue weighted by Crippen LogP contribution is 2.39. The predicted octanol–water partition coefficient (Wildman–Crippen LogP) is 5.46. The molecule has 5 nitrogen and oxygen atoms in total. The van der Waals surface area contributed by atoms with Crippen LogP contribution in [0.25, 0.3) is 21.5 Å². The summed E-state index contributed by atoms with van der Waals surface area (Å²) in [5.41, 5.74) is 3.06. The number of ether oxygens (including phenoxy) is 1. The minimum absolute atomic E-state index is 0.275. The standard InChI is InChI=1S/C20H16ClN3O2S/c21-13-7-5-12(6-8-13)16-9-14(26-24-16)10-25-19-18-15-3-1-2-4-17(15)27-20(18)23-11-22-19/h5-9,11H,1-4,10H2. The van der Waals surface area contributed by atoms with E-state index in [9.17, 15) is 0 Å². The van der Waals surface area contributed by atoms with Gasteiger partial charge in [0.1, 0.15) is 16.9 Å². The van der Waals surface area contributed by atoms with Crippen LogP contribution in [0.3, 0.4) is 0 Å². The molecule has 1 aliphatic rings. The monoisotopic (exact) mass is 397 g/mol. The van der Waals surface area contributed by atoms with Crippen molar-refractivity contribution in [3.8, 4) is 17.1 Å². The minimum atomic E-state index is 0.275. The summed E-state index contributed by atoms with van der Waals surface area (Å²) in [6, 6.07) is 9.37. The number of hydrogen-bond acceptors (Lipinski definition) is 6. The van der Waals surface area contributed by atoms with E-state index in [1.165, 1.54) is 23.3 Å². The molecule has 0 saturated carbocycles. The van der Waals surface area contributed by atoms with Crippen molar-refractivity contribution in [2.45, 2.75) is 32.3 Å². The van der Waals surface area contributed by atoms with E-state index in [1.54, 1.807) is 17.7 Å². The van der Waals surface area contributed by atoms with E-state index in [1.807, 2.05) is 30.3 Å². The van der Waals surface area contributed by atoms with Crippen LogP contribution in [-0.2, 0) is 19.4 Å². The first-order valence-corrected chi connectivity index (χ1v) is 10.1. The maximum Gasteiger partial charge on any atom is 0.226 e. The van der Waals surface area contributed by atoms with Gasteiger partial charge in [-0.2, -0.15) is 0 Å². The Morgan fingerprint density at radius 2 is 1.96 bits per heavy atom. The number of nitrogens with zero attached hydrogens (tertiary/aromatic N) is 3. The number of fused-ring (bicyclic) bond motifs is 3. The zero-order chi connectivity index (χ0) is 18.2. The summed E-state index contributed by atoms with van der Waals surface area (Å²) < 4.78 is 11.4. The second-order valence-corrected chi connectivity index (χ2v) is 8.06. The summed E-state index contributed by atoms with van der Waals surface area (Å²) in [7, 11) is 0. The quantitative estimate of drug-likeness (QED) is 0.457. The summed E-state index contributed by atoms with van der Waals surface area (Å²) in [5.74, 6) is 1.28. The van der Waals surface area contributed by atoms with E-state index in [0.29, 0.717) is 16.7 Å². The van der Waals surface area contributed by atoms with Gasteiger partial charge in [0.05, 0.1) is 5.39 Å². The SMILES string of the molecule is Clc1ccc(-c2cc(COc3ncnc4sc5c(c34)CCCC5)on2)cc1. The molecule has 0 N–H and O–H groups in total. The van der Waals surface area contributed by atoms with Crippen LogP contribution in [0.15, 0.2) is 41.2 Å². The highest BCUT2D eigenvalue weighted by atomic mass is 35.5. The highest BCUT2D eigenvalue weighted by Gasteiger charge is 2.21. The van der Waals surface area contributed by atoms with E-state index < -0.39 is 0 Å². The van der Waals surface area contributed by atoms with Crippen LogP contribution in [-0.4, -0.2) is 15.1 Å². The number of aromatic nitrogens is 3. The van der Waals surface area contributed by atoms with Gasteiger partial charge in [0.15, 0.2) is 12.4 Å². The Kier molecular flexibility index (Phi) is 4.30. The van der Waals surface area contributed by atoms with Gasteiger partial charge >= 0.3 is 0 Å². The van der Waals surface area contributed by atoms with Crippen LogP contribution in [0.4, 0.5) is 0 Å². The van der Waals surface area contributed by atoms with Crippen molar-refractivity contribution >= 4 is 33.2 Å². The Balaban J connectivity index is 1.39. The Labute approximate surface area is 165 Å². The molecule has 0 fully saturated rings. The molecule has 136 valence electrons. The van der Waals surface area contributed by atoms with Gasteiger partial charge in [0, 0.05) is 21.5 Å². The van der Waals surface area contributed by atoms with Gasteiger partial charge in [-0.3, -0.25) is 0 Å². The lowest BCUT2D eigenvalue weighted by molar-refractivity contribution is 0.244. The number of halogens is 1. The number of thiophene rings is 1.